The second-order valence-electron chi connectivity index (χ2n) is 9.73. The number of hydrogen-bond acceptors (Lipinski definition) is 5. The molecule has 3 aliphatic rings. The number of halogens is 4. The van der Waals surface area contributed by atoms with Gasteiger partial charge in [-0.15, -0.1) is 0 Å². The smallest absolute Gasteiger partial charge is 0.311 e. The van der Waals surface area contributed by atoms with Gasteiger partial charge in [-0.2, -0.15) is 18.3 Å². The number of rotatable bonds is 4. The van der Waals surface area contributed by atoms with Gasteiger partial charge in [0.2, 0.25) is 0 Å². The van der Waals surface area contributed by atoms with Crippen molar-refractivity contribution in [2.24, 2.45) is 0 Å². The van der Waals surface area contributed by atoms with Gasteiger partial charge in [0.25, 0.3) is 11.1 Å². The molecule has 2 unspecified atom stereocenters. The topological polar surface area (TPSA) is 67.2 Å². The van der Waals surface area contributed by atoms with E-state index in [1.165, 1.54) is 21.7 Å². The zero-order valence-corrected chi connectivity index (χ0v) is 23.0. The number of alkyl halides is 3. The summed E-state index contributed by atoms with van der Waals surface area (Å²) < 4.78 is 42.0. The fraction of sp³-hybridized carbons (Fsp3) is 0.393. The van der Waals surface area contributed by atoms with Gasteiger partial charge in [0.1, 0.15) is 0 Å². The molecule has 4 heterocycles. The number of carbonyl (C=O) groups excluding carboxylic acids is 2. The number of fused-ring (bicyclic) bond motifs is 3. The van der Waals surface area contributed by atoms with Crippen molar-refractivity contribution in [2.75, 3.05) is 0 Å². The molecule has 3 saturated heterocycles. The third-order valence-corrected chi connectivity index (χ3v) is 8.42. The second kappa shape index (κ2) is 11.0. The second-order valence-corrected chi connectivity index (χ2v) is 11.2. The molecule has 3 aliphatic heterocycles. The zero-order chi connectivity index (χ0) is 27.9. The number of thioether (sulfide) groups is 1. The van der Waals surface area contributed by atoms with E-state index in [0.717, 1.165) is 43.5 Å². The molecule has 3 aromatic rings. The third kappa shape index (κ3) is 5.60. The summed E-state index contributed by atoms with van der Waals surface area (Å²) in [6, 6.07) is 9.69. The molecule has 0 saturated carbocycles. The monoisotopic (exact) mass is 576 g/mol. The van der Waals surface area contributed by atoms with Crippen LogP contribution in [0.15, 0.2) is 47.5 Å². The summed E-state index contributed by atoms with van der Waals surface area (Å²) in [5.74, 6) is -0.264. The Morgan fingerprint density at radius 3 is 2.51 bits per heavy atom. The highest BCUT2D eigenvalue weighted by molar-refractivity contribution is 8.18. The van der Waals surface area contributed by atoms with Gasteiger partial charge in [-0.05, 0) is 78.9 Å². The van der Waals surface area contributed by atoms with Gasteiger partial charge in [-0.1, -0.05) is 37.6 Å². The molecule has 0 radical (unpaired) electrons. The minimum Gasteiger partial charge on any atom is -0.311 e. The van der Waals surface area contributed by atoms with Crippen molar-refractivity contribution < 1.29 is 22.8 Å². The highest BCUT2D eigenvalue weighted by atomic mass is 35.5. The van der Waals surface area contributed by atoms with E-state index in [1.807, 2.05) is 19.9 Å². The Kier molecular flexibility index (Phi) is 7.81. The molecule has 6 rings (SSSR count). The molecule has 0 aliphatic carbocycles. The molecule has 39 heavy (non-hydrogen) atoms. The van der Waals surface area contributed by atoms with Crippen LogP contribution in [0.5, 0.6) is 0 Å². The van der Waals surface area contributed by atoms with Crippen molar-refractivity contribution in [1.82, 2.24) is 20.0 Å². The largest absolute Gasteiger partial charge is 0.416 e. The van der Waals surface area contributed by atoms with Crippen molar-refractivity contribution in [1.29, 1.82) is 0 Å². The predicted molar refractivity (Wildman–Crippen MR) is 147 cm³/mol. The molecular formula is C28H28ClF3N4O2S. The van der Waals surface area contributed by atoms with E-state index in [0.29, 0.717) is 33.5 Å². The SMILES string of the molecule is CC.O=C1S/C(=C\c2ccc3c(cnn3Cc3ccc(Cl)cc3C(F)(F)F)c2)C(=O)N1C1CC2CCC(C1)N2. The van der Waals surface area contributed by atoms with Gasteiger partial charge in [0.15, 0.2) is 0 Å². The van der Waals surface area contributed by atoms with E-state index < -0.39 is 11.7 Å². The van der Waals surface area contributed by atoms with E-state index >= 15 is 0 Å². The molecular weight excluding hydrogens is 549 g/mol. The van der Waals surface area contributed by atoms with Crippen molar-refractivity contribution in [2.45, 2.75) is 70.4 Å². The number of piperidine rings is 1. The molecule has 6 nitrogen and oxygen atoms in total. The predicted octanol–water partition coefficient (Wildman–Crippen LogP) is 7.10. The van der Waals surface area contributed by atoms with Gasteiger partial charge in [-0.3, -0.25) is 19.2 Å². The fourth-order valence-corrected chi connectivity index (χ4v) is 6.69. The number of hydrogen-bond donors (Lipinski definition) is 1. The number of imide groups is 1. The lowest BCUT2D eigenvalue weighted by molar-refractivity contribution is -0.138. The van der Waals surface area contributed by atoms with Crippen LogP contribution >= 0.6 is 23.4 Å². The lowest BCUT2D eigenvalue weighted by Gasteiger charge is -2.33. The van der Waals surface area contributed by atoms with Crippen molar-refractivity contribution >= 4 is 51.5 Å². The van der Waals surface area contributed by atoms with Crippen LogP contribution in [-0.2, 0) is 17.5 Å². The lowest BCUT2D eigenvalue weighted by Crippen LogP contribution is -2.49. The summed E-state index contributed by atoms with van der Waals surface area (Å²) in [5.41, 5.74) is 0.632. The maximum atomic E-state index is 13.5. The van der Waals surface area contributed by atoms with Crippen LogP contribution in [0.25, 0.3) is 17.0 Å². The Morgan fingerprint density at radius 1 is 1.10 bits per heavy atom. The standard InChI is InChI=1S/C26H22ClF3N4O2S.C2H6/c27-17-3-2-15(21(9-17)26(28,29)30)13-33-22-6-1-14(7-16(22)12-31-33)8-23-24(35)34(25(36)37-23)20-10-18-4-5-19(11-20)32-18;1-2/h1-3,6-9,12,18-20,32H,4-5,10-11,13H2;1-2H3/b23-8-;. The summed E-state index contributed by atoms with van der Waals surface area (Å²) in [7, 11) is 0. The molecule has 0 spiro atoms. The zero-order valence-electron chi connectivity index (χ0n) is 21.5. The molecule has 206 valence electrons. The van der Waals surface area contributed by atoms with Gasteiger partial charge < -0.3 is 5.32 Å². The highest BCUT2D eigenvalue weighted by Gasteiger charge is 2.44. The third-order valence-electron chi connectivity index (χ3n) is 7.30. The van der Waals surface area contributed by atoms with Crippen LogP contribution in [0, 0.1) is 0 Å². The maximum Gasteiger partial charge on any atom is 0.416 e. The summed E-state index contributed by atoms with van der Waals surface area (Å²) >= 11 is 6.74. The fourth-order valence-electron chi connectivity index (χ4n) is 5.62. The molecule has 2 aromatic carbocycles. The lowest BCUT2D eigenvalue weighted by atomic mass is 9.98. The van der Waals surface area contributed by atoms with Crippen molar-refractivity contribution in [3.63, 3.8) is 0 Å². The van der Waals surface area contributed by atoms with E-state index in [1.54, 1.807) is 24.4 Å². The number of nitrogens with zero attached hydrogens (tertiary/aromatic N) is 3. The van der Waals surface area contributed by atoms with Gasteiger partial charge in [-0.25, -0.2) is 0 Å². The van der Waals surface area contributed by atoms with Crippen LogP contribution in [0.2, 0.25) is 5.02 Å². The Labute approximate surface area is 233 Å². The van der Waals surface area contributed by atoms with Gasteiger partial charge >= 0.3 is 6.18 Å². The van der Waals surface area contributed by atoms with Crippen molar-refractivity contribution in [3.05, 3.63) is 69.2 Å². The Morgan fingerprint density at radius 2 is 1.82 bits per heavy atom. The number of nitrogens with one attached hydrogen (secondary N) is 1. The molecule has 1 N–H and O–H groups in total. The Bertz CT molecular complexity index is 1440. The first kappa shape index (κ1) is 27.7. The summed E-state index contributed by atoms with van der Waals surface area (Å²) in [4.78, 5) is 27.7. The van der Waals surface area contributed by atoms with E-state index in [2.05, 4.69) is 10.4 Å². The molecule has 2 bridgehead atoms. The average Bonchev–Trinajstić information content (AvgIpc) is 3.55. The maximum absolute atomic E-state index is 13.5. The molecule has 2 amide bonds. The minimum atomic E-state index is -4.53. The van der Waals surface area contributed by atoms with Crippen LogP contribution < -0.4 is 5.32 Å². The molecule has 2 atom stereocenters. The normalized spacial score (nSPS) is 24.0. The highest BCUT2D eigenvalue weighted by Crippen LogP contribution is 2.39. The van der Waals surface area contributed by atoms with E-state index in [4.69, 9.17) is 11.6 Å². The number of benzene rings is 2. The van der Waals surface area contributed by atoms with Crippen LogP contribution in [-0.4, -0.2) is 44.0 Å². The quantitative estimate of drug-likeness (QED) is 0.336. The Balaban J connectivity index is 0.00000151. The minimum absolute atomic E-state index is 0.0166. The summed E-state index contributed by atoms with van der Waals surface area (Å²) in [6.07, 6.45) is 2.47. The number of aromatic nitrogens is 2. The molecule has 3 fully saturated rings. The average molecular weight is 577 g/mol. The van der Waals surface area contributed by atoms with E-state index in [-0.39, 0.29) is 34.3 Å². The van der Waals surface area contributed by atoms with Gasteiger partial charge in [0.05, 0.1) is 28.7 Å². The number of amides is 2. The molecule has 1 aromatic heterocycles. The van der Waals surface area contributed by atoms with Gasteiger partial charge in [0, 0.05) is 28.5 Å². The van der Waals surface area contributed by atoms with Crippen LogP contribution in [0.1, 0.15) is 56.2 Å². The van der Waals surface area contributed by atoms with Crippen LogP contribution in [0.3, 0.4) is 0 Å². The Hall–Kier alpha value is -2.82. The van der Waals surface area contributed by atoms with Crippen molar-refractivity contribution in [3.8, 4) is 0 Å². The first-order chi connectivity index (χ1) is 18.7. The first-order valence-corrected chi connectivity index (χ1v) is 14.2. The summed E-state index contributed by atoms with van der Waals surface area (Å²) in [6.45, 7) is 3.92. The first-order valence-electron chi connectivity index (χ1n) is 13.0. The summed E-state index contributed by atoms with van der Waals surface area (Å²) in [5, 5.41) is 8.31. The van der Waals surface area contributed by atoms with Crippen LogP contribution in [0.4, 0.5) is 18.0 Å². The number of carbonyl (C=O) groups is 2. The van der Waals surface area contributed by atoms with E-state index in [9.17, 15) is 22.8 Å². The molecule has 11 heteroatoms.